The van der Waals surface area contributed by atoms with Gasteiger partial charge in [-0.2, -0.15) is 5.10 Å². The van der Waals surface area contributed by atoms with Gasteiger partial charge in [-0.25, -0.2) is 0 Å². The van der Waals surface area contributed by atoms with E-state index in [1.165, 1.54) is 17.7 Å². The number of H-pyrrole nitrogens is 1. The fraction of sp³-hybridized carbons (Fsp3) is 0.348. The van der Waals surface area contributed by atoms with Crippen LogP contribution in [0.1, 0.15) is 29.3 Å². The Morgan fingerprint density at radius 3 is 2.75 bits per heavy atom. The third-order valence-electron chi connectivity index (χ3n) is 5.37. The molecule has 1 N–H and O–H groups in total. The number of likely N-dealkylation sites (tertiary alicyclic amines) is 1. The molecule has 1 aliphatic heterocycles. The maximum atomic E-state index is 6.12. The Balaban J connectivity index is 1.23. The van der Waals surface area contributed by atoms with E-state index in [4.69, 9.17) is 16.3 Å². The Hall–Kier alpha value is -2.30. The molecular formula is C23H26ClN3O. The van der Waals surface area contributed by atoms with Crippen molar-refractivity contribution in [3.63, 3.8) is 0 Å². The number of aromatic amines is 1. The van der Waals surface area contributed by atoms with Crippen LogP contribution in [0.15, 0.2) is 60.7 Å². The molecule has 0 amide bonds. The van der Waals surface area contributed by atoms with Crippen molar-refractivity contribution in [2.75, 3.05) is 26.2 Å². The van der Waals surface area contributed by atoms with Crippen LogP contribution in [0.3, 0.4) is 0 Å². The van der Waals surface area contributed by atoms with Crippen LogP contribution in [0.2, 0.25) is 5.02 Å². The van der Waals surface area contributed by atoms with Gasteiger partial charge in [-0.1, -0.05) is 54.1 Å². The largest absolute Gasteiger partial charge is 0.492 e. The van der Waals surface area contributed by atoms with Gasteiger partial charge in [0, 0.05) is 31.1 Å². The average Bonchev–Trinajstić information content (AvgIpc) is 3.38. The second-order valence-corrected chi connectivity index (χ2v) is 7.78. The molecule has 1 aromatic heterocycles. The van der Waals surface area contributed by atoms with E-state index in [9.17, 15) is 0 Å². The molecular weight excluding hydrogens is 370 g/mol. The molecule has 1 fully saturated rings. The Morgan fingerprint density at radius 1 is 1.07 bits per heavy atom. The second-order valence-electron chi connectivity index (χ2n) is 7.37. The Morgan fingerprint density at radius 2 is 1.89 bits per heavy atom. The summed E-state index contributed by atoms with van der Waals surface area (Å²) in [5.41, 5.74) is 3.70. The highest BCUT2D eigenvalue weighted by Gasteiger charge is 2.25. The van der Waals surface area contributed by atoms with Gasteiger partial charge >= 0.3 is 0 Å². The van der Waals surface area contributed by atoms with Crippen molar-refractivity contribution in [1.29, 1.82) is 0 Å². The van der Waals surface area contributed by atoms with Crippen molar-refractivity contribution >= 4 is 11.6 Å². The fourth-order valence-corrected chi connectivity index (χ4v) is 3.95. The van der Waals surface area contributed by atoms with Gasteiger partial charge in [-0.3, -0.25) is 5.10 Å². The van der Waals surface area contributed by atoms with E-state index in [0.717, 1.165) is 43.9 Å². The van der Waals surface area contributed by atoms with Crippen molar-refractivity contribution in [2.24, 2.45) is 0 Å². The van der Waals surface area contributed by atoms with Crippen LogP contribution in [0, 0.1) is 0 Å². The lowest BCUT2D eigenvalue weighted by Gasteiger charge is -2.15. The number of hydrogen-bond acceptors (Lipinski definition) is 3. The zero-order chi connectivity index (χ0) is 19.2. The lowest BCUT2D eigenvalue weighted by molar-refractivity contribution is 0.320. The van der Waals surface area contributed by atoms with Crippen LogP contribution < -0.4 is 4.74 Å². The number of aromatic nitrogens is 2. The average molecular weight is 396 g/mol. The van der Waals surface area contributed by atoms with Crippen molar-refractivity contribution in [2.45, 2.75) is 25.2 Å². The van der Waals surface area contributed by atoms with E-state index in [-0.39, 0.29) is 0 Å². The Bertz CT molecular complexity index is 880. The first-order valence-electron chi connectivity index (χ1n) is 9.96. The lowest BCUT2D eigenvalue weighted by Crippen LogP contribution is -2.23. The van der Waals surface area contributed by atoms with Gasteiger partial charge in [0.1, 0.15) is 5.75 Å². The molecule has 2 heterocycles. The number of nitrogens with one attached hydrogen (secondary N) is 1. The first-order chi connectivity index (χ1) is 13.8. The summed E-state index contributed by atoms with van der Waals surface area (Å²) in [6.45, 7) is 3.94. The predicted octanol–water partition coefficient (Wildman–Crippen LogP) is 4.72. The molecule has 0 spiro atoms. The summed E-state index contributed by atoms with van der Waals surface area (Å²) in [5, 5.41) is 8.38. The molecule has 2 aromatic carbocycles. The highest BCUT2D eigenvalue weighted by molar-refractivity contribution is 6.32. The van der Waals surface area contributed by atoms with Crippen molar-refractivity contribution < 1.29 is 4.74 Å². The maximum absolute atomic E-state index is 6.12. The van der Waals surface area contributed by atoms with E-state index < -0.39 is 0 Å². The number of halogens is 1. The summed E-state index contributed by atoms with van der Waals surface area (Å²) in [6.07, 6.45) is 3.08. The third kappa shape index (κ3) is 4.94. The van der Waals surface area contributed by atoms with Gasteiger partial charge < -0.3 is 9.64 Å². The normalized spacial score (nSPS) is 17.1. The quantitative estimate of drug-likeness (QED) is 0.600. The number of nitrogens with zero attached hydrogens (tertiary/aromatic N) is 2. The molecule has 5 heteroatoms. The topological polar surface area (TPSA) is 41.1 Å². The molecule has 3 aromatic rings. The number of rotatable bonds is 8. The molecule has 0 saturated carbocycles. The summed E-state index contributed by atoms with van der Waals surface area (Å²) in [6, 6.07) is 20.5. The van der Waals surface area contributed by atoms with Crippen molar-refractivity contribution in [3.05, 3.63) is 82.6 Å². The lowest BCUT2D eigenvalue weighted by atomic mass is 10.0. The van der Waals surface area contributed by atoms with Gasteiger partial charge in [0.2, 0.25) is 0 Å². The number of ether oxygens (including phenoxy) is 1. The van der Waals surface area contributed by atoms with Crippen LogP contribution in [0.5, 0.6) is 5.75 Å². The summed E-state index contributed by atoms with van der Waals surface area (Å²) in [5.74, 6) is 1.25. The van der Waals surface area contributed by atoms with E-state index in [0.29, 0.717) is 17.5 Å². The molecule has 4 nitrogen and oxygen atoms in total. The van der Waals surface area contributed by atoms with Crippen LogP contribution in [0.25, 0.3) is 0 Å². The molecule has 1 saturated heterocycles. The number of para-hydroxylation sites is 1. The van der Waals surface area contributed by atoms with Crippen LogP contribution in [0.4, 0.5) is 0 Å². The summed E-state index contributed by atoms with van der Waals surface area (Å²) >= 11 is 6.12. The van der Waals surface area contributed by atoms with Crippen molar-refractivity contribution in [3.8, 4) is 5.75 Å². The molecule has 0 bridgehead atoms. The first-order valence-corrected chi connectivity index (χ1v) is 10.3. The Kier molecular flexibility index (Phi) is 6.30. The SMILES string of the molecule is Clc1ccccc1OCCc1cc([C@@H]2CCN(CCc3ccccc3)C2)n[nH]1. The zero-order valence-corrected chi connectivity index (χ0v) is 16.7. The molecule has 1 aliphatic rings. The highest BCUT2D eigenvalue weighted by atomic mass is 35.5. The monoisotopic (exact) mass is 395 g/mol. The summed E-state index contributed by atoms with van der Waals surface area (Å²) in [4.78, 5) is 2.55. The number of hydrogen-bond donors (Lipinski definition) is 1. The third-order valence-corrected chi connectivity index (χ3v) is 5.68. The standard InChI is InChI=1S/C23H26ClN3O/c24-21-8-4-5-9-23(21)28-15-12-20-16-22(26-25-20)19-11-14-27(17-19)13-10-18-6-2-1-3-7-18/h1-9,16,19H,10-15,17H2,(H,25,26)/t19-/m1/s1. The van der Waals surface area contributed by atoms with Crippen molar-refractivity contribution in [1.82, 2.24) is 15.1 Å². The van der Waals surface area contributed by atoms with Gasteiger partial charge in [0.25, 0.3) is 0 Å². The summed E-state index contributed by atoms with van der Waals surface area (Å²) in [7, 11) is 0. The molecule has 0 unspecified atom stereocenters. The minimum absolute atomic E-state index is 0.519. The minimum atomic E-state index is 0.519. The van der Waals surface area contributed by atoms with Gasteiger partial charge in [-0.15, -0.1) is 0 Å². The van der Waals surface area contributed by atoms with Crippen LogP contribution in [-0.4, -0.2) is 41.3 Å². The molecule has 28 heavy (non-hydrogen) atoms. The number of benzene rings is 2. The van der Waals surface area contributed by atoms with Gasteiger partial charge in [0.15, 0.2) is 0 Å². The molecule has 0 aliphatic carbocycles. The molecule has 0 radical (unpaired) electrons. The first kappa shape index (κ1) is 19.0. The molecule has 4 rings (SSSR count). The molecule has 146 valence electrons. The molecule has 1 atom stereocenters. The van der Waals surface area contributed by atoms with E-state index in [2.05, 4.69) is 51.5 Å². The van der Waals surface area contributed by atoms with Gasteiger partial charge in [-0.05, 0) is 43.1 Å². The summed E-state index contributed by atoms with van der Waals surface area (Å²) < 4.78 is 5.78. The van der Waals surface area contributed by atoms with Crippen LogP contribution in [-0.2, 0) is 12.8 Å². The smallest absolute Gasteiger partial charge is 0.137 e. The van der Waals surface area contributed by atoms with E-state index >= 15 is 0 Å². The second kappa shape index (κ2) is 9.26. The predicted molar refractivity (Wildman–Crippen MR) is 113 cm³/mol. The minimum Gasteiger partial charge on any atom is -0.492 e. The highest BCUT2D eigenvalue weighted by Crippen LogP contribution is 2.27. The van der Waals surface area contributed by atoms with E-state index in [1.807, 2.05) is 24.3 Å². The van der Waals surface area contributed by atoms with Gasteiger partial charge in [0.05, 0.1) is 17.3 Å². The van der Waals surface area contributed by atoms with E-state index in [1.54, 1.807) is 0 Å². The fourth-order valence-electron chi connectivity index (χ4n) is 3.76. The van der Waals surface area contributed by atoms with Crippen LogP contribution >= 0.6 is 11.6 Å². The Labute approximate surface area is 171 Å². The maximum Gasteiger partial charge on any atom is 0.137 e. The zero-order valence-electron chi connectivity index (χ0n) is 16.0.